The molecular formula is C11H16BrN3O. The van der Waals surface area contributed by atoms with Crippen LogP contribution in [-0.2, 0) is 4.79 Å². The van der Waals surface area contributed by atoms with Crippen molar-refractivity contribution in [1.29, 1.82) is 0 Å². The van der Waals surface area contributed by atoms with Gasteiger partial charge in [0, 0.05) is 22.9 Å². The lowest BCUT2D eigenvalue weighted by Gasteiger charge is -2.20. The maximum Gasteiger partial charge on any atom is 0.239 e. The van der Waals surface area contributed by atoms with E-state index in [9.17, 15) is 4.79 Å². The van der Waals surface area contributed by atoms with Crippen molar-refractivity contribution >= 4 is 21.8 Å². The molecule has 2 atom stereocenters. The lowest BCUT2D eigenvalue weighted by Crippen LogP contribution is -2.38. The number of nitrogens with two attached hydrogens (primary N) is 1. The second-order valence-corrected chi connectivity index (χ2v) is 4.66. The van der Waals surface area contributed by atoms with Crippen LogP contribution in [-0.4, -0.2) is 16.9 Å². The number of hydrogen-bond donors (Lipinski definition) is 2. The fraction of sp³-hybridized carbons (Fsp3) is 0.455. The number of nitrogens with zero attached hydrogens (tertiary/aromatic N) is 1. The number of carbonyl (C=O) groups excluding carboxylic acids is 1. The number of rotatable bonds is 5. The van der Waals surface area contributed by atoms with Crippen LogP contribution in [0.25, 0.3) is 0 Å². The lowest BCUT2D eigenvalue weighted by atomic mass is 10.1. The van der Waals surface area contributed by atoms with E-state index in [0.29, 0.717) is 0 Å². The monoisotopic (exact) mass is 285 g/mol. The number of halogens is 1. The van der Waals surface area contributed by atoms with Crippen molar-refractivity contribution in [2.24, 2.45) is 5.73 Å². The van der Waals surface area contributed by atoms with E-state index in [4.69, 9.17) is 5.73 Å². The van der Waals surface area contributed by atoms with E-state index in [1.165, 1.54) is 0 Å². The molecule has 0 radical (unpaired) electrons. The predicted octanol–water partition coefficient (Wildman–Crippen LogP) is 1.76. The molecule has 0 aromatic carbocycles. The van der Waals surface area contributed by atoms with Crippen LogP contribution in [0.2, 0.25) is 0 Å². The van der Waals surface area contributed by atoms with Gasteiger partial charge in [-0.25, -0.2) is 0 Å². The minimum atomic E-state index is -0.486. The van der Waals surface area contributed by atoms with Crippen LogP contribution in [0.3, 0.4) is 0 Å². The molecule has 3 N–H and O–H groups in total. The van der Waals surface area contributed by atoms with Gasteiger partial charge in [0.15, 0.2) is 0 Å². The van der Waals surface area contributed by atoms with Gasteiger partial charge in [0.2, 0.25) is 5.91 Å². The molecule has 5 heteroatoms. The van der Waals surface area contributed by atoms with Gasteiger partial charge in [-0.2, -0.15) is 0 Å². The molecule has 0 fully saturated rings. The molecule has 1 heterocycles. The number of pyridine rings is 1. The molecule has 0 bridgehead atoms. The normalized spacial score (nSPS) is 14.4. The predicted molar refractivity (Wildman–Crippen MR) is 66.8 cm³/mol. The largest absolute Gasteiger partial charge is 0.368 e. The molecule has 1 aromatic heterocycles. The summed E-state index contributed by atoms with van der Waals surface area (Å²) in [5.74, 6) is -0.389. The minimum Gasteiger partial charge on any atom is -0.368 e. The summed E-state index contributed by atoms with van der Waals surface area (Å²) in [6.07, 6.45) is 4.26. The summed E-state index contributed by atoms with van der Waals surface area (Å²) in [4.78, 5) is 15.4. The molecule has 1 rings (SSSR count). The SMILES string of the molecule is CCC(C)NC(C(N)=O)c1cncc(Br)c1. The third-order valence-electron chi connectivity index (χ3n) is 2.41. The Hall–Kier alpha value is -0.940. The van der Waals surface area contributed by atoms with Gasteiger partial charge in [-0.15, -0.1) is 0 Å². The summed E-state index contributed by atoms with van der Waals surface area (Å²) in [7, 11) is 0. The average molecular weight is 286 g/mol. The molecule has 0 aliphatic carbocycles. The Bertz CT molecular complexity index is 370. The molecule has 4 nitrogen and oxygen atoms in total. The number of aromatic nitrogens is 1. The van der Waals surface area contributed by atoms with Gasteiger partial charge in [0.1, 0.15) is 6.04 Å². The van der Waals surface area contributed by atoms with Gasteiger partial charge in [0.25, 0.3) is 0 Å². The minimum absolute atomic E-state index is 0.233. The van der Waals surface area contributed by atoms with Gasteiger partial charge in [-0.1, -0.05) is 6.92 Å². The van der Waals surface area contributed by atoms with Crippen LogP contribution in [0.15, 0.2) is 22.9 Å². The van der Waals surface area contributed by atoms with E-state index in [2.05, 4.69) is 33.2 Å². The first-order valence-electron chi connectivity index (χ1n) is 5.20. The molecule has 0 spiro atoms. The van der Waals surface area contributed by atoms with E-state index in [-0.39, 0.29) is 11.9 Å². The van der Waals surface area contributed by atoms with Crippen LogP contribution < -0.4 is 11.1 Å². The Morgan fingerprint density at radius 1 is 1.62 bits per heavy atom. The van der Waals surface area contributed by atoms with Crippen molar-refractivity contribution in [1.82, 2.24) is 10.3 Å². The standard InChI is InChI=1S/C11H16BrN3O/c1-3-7(2)15-10(11(13)16)8-4-9(12)6-14-5-8/h4-7,10,15H,3H2,1-2H3,(H2,13,16). The zero-order valence-electron chi connectivity index (χ0n) is 9.40. The molecular weight excluding hydrogens is 270 g/mol. The molecule has 1 amide bonds. The number of carbonyl (C=O) groups is 1. The van der Waals surface area contributed by atoms with E-state index >= 15 is 0 Å². The Balaban J connectivity index is 2.89. The third-order valence-corrected chi connectivity index (χ3v) is 2.84. The quantitative estimate of drug-likeness (QED) is 0.866. The maximum atomic E-state index is 11.4. The topological polar surface area (TPSA) is 68.0 Å². The van der Waals surface area contributed by atoms with Crippen molar-refractivity contribution in [3.05, 3.63) is 28.5 Å². The number of primary amides is 1. The average Bonchev–Trinajstić information content (AvgIpc) is 2.25. The molecule has 16 heavy (non-hydrogen) atoms. The second kappa shape index (κ2) is 5.96. The zero-order valence-corrected chi connectivity index (χ0v) is 11.0. The molecule has 0 aliphatic heterocycles. The molecule has 88 valence electrons. The van der Waals surface area contributed by atoms with E-state index < -0.39 is 6.04 Å². The molecule has 0 saturated carbocycles. The fourth-order valence-corrected chi connectivity index (χ4v) is 1.71. The van der Waals surface area contributed by atoms with Crippen LogP contribution >= 0.6 is 15.9 Å². The van der Waals surface area contributed by atoms with Crippen LogP contribution in [0.4, 0.5) is 0 Å². The van der Waals surface area contributed by atoms with Gasteiger partial charge in [-0.05, 0) is 40.9 Å². The van der Waals surface area contributed by atoms with Gasteiger partial charge in [-0.3, -0.25) is 15.1 Å². The van der Waals surface area contributed by atoms with E-state index in [1.807, 2.05) is 13.0 Å². The summed E-state index contributed by atoms with van der Waals surface area (Å²) < 4.78 is 0.835. The Morgan fingerprint density at radius 3 is 2.81 bits per heavy atom. The fourth-order valence-electron chi connectivity index (χ4n) is 1.33. The molecule has 0 saturated heterocycles. The number of amides is 1. The highest BCUT2D eigenvalue weighted by Crippen LogP contribution is 2.17. The molecule has 1 aromatic rings. The number of hydrogen-bond acceptors (Lipinski definition) is 3. The first-order chi connectivity index (χ1) is 7.54. The summed E-state index contributed by atoms with van der Waals surface area (Å²) in [5.41, 5.74) is 6.16. The van der Waals surface area contributed by atoms with E-state index in [0.717, 1.165) is 16.5 Å². The van der Waals surface area contributed by atoms with Crippen molar-refractivity contribution in [2.45, 2.75) is 32.4 Å². The zero-order chi connectivity index (χ0) is 12.1. The summed E-state index contributed by atoms with van der Waals surface area (Å²) in [6.45, 7) is 4.07. The lowest BCUT2D eigenvalue weighted by molar-refractivity contribution is -0.120. The summed E-state index contributed by atoms with van der Waals surface area (Å²) in [6, 6.07) is 1.59. The van der Waals surface area contributed by atoms with Gasteiger partial charge >= 0.3 is 0 Å². The first-order valence-corrected chi connectivity index (χ1v) is 5.99. The highest BCUT2D eigenvalue weighted by molar-refractivity contribution is 9.10. The third kappa shape index (κ3) is 3.57. The first kappa shape index (κ1) is 13.1. The molecule has 2 unspecified atom stereocenters. The number of nitrogens with one attached hydrogen (secondary N) is 1. The van der Waals surface area contributed by atoms with E-state index in [1.54, 1.807) is 12.4 Å². The van der Waals surface area contributed by atoms with Crippen LogP contribution in [0.1, 0.15) is 31.9 Å². The van der Waals surface area contributed by atoms with Crippen molar-refractivity contribution in [3.8, 4) is 0 Å². The van der Waals surface area contributed by atoms with Crippen LogP contribution in [0, 0.1) is 0 Å². The highest BCUT2D eigenvalue weighted by Gasteiger charge is 2.19. The van der Waals surface area contributed by atoms with Crippen molar-refractivity contribution in [3.63, 3.8) is 0 Å². The second-order valence-electron chi connectivity index (χ2n) is 3.75. The Kier molecular flexibility index (Phi) is 4.89. The highest BCUT2D eigenvalue weighted by atomic mass is 79.9. The Morgan fingerprint density at radius 2 is 2.31 bits per heavy atom. The van der Waals surface area contributed by atoms with Gasteiger partial charge in [0.05, 0.1) is 0 Å². The molecule has 0 aliphatic rings. The van der Waals surface area contributed by atoms with Crippen LogP contribution in [0.5, 0.6) is 0 Å². The summed E-state index contributed by atoms with van der Waals surface area (Å²) >= 11 is 3.32. The van der Waals surface area contributed by atoms with Crippen molar-refractivity contribution < 1.29 is 4.79 Å². The smallest absolute Gasteiger partial charge is 0.239 e. The maximum absolute atomic E-state index is 11.4. The Labute approximate surface area is 104 Å². The summed E-state index contributed by atoms with van der Waals surface area (Å²) in [5, 5.41) is 3.17. The van der Waals surface area contributed by atoms with Gasteiger partial charge < -0.3 is 5.73 Å². The van der Waals surface area contributed by atoms with Crippen molar-refractivity contribution in [2.75, 3.05) is 0 Å².